The lowest BCUT2D eigenvalue weighted by Gasteiger charge is -2.18. The Bertz CT molecular complexity index is 539. The average molecular weight is 368 g/mol. The molecule has 0 radical (unpaired) electrons. The van der Waals surface area contributed by atoms with Crippen molar-refractivity contribution in [1.29, 1.82) is 0 Å². The van der Waals surface area contributed by atoms with Crippen LogP contribution in [-0.4, -0.2) is 27.9 Å². The minimum absolute atomic E-state index is 0.441. The molecule has 0 amide bonds. The van der Waals surface area contributed by atoms with Crippen LogP contribution < -0.4 is 5.32 Å². The van der Waals surface area contributed by atoms with Gasteiger partial charge in [0.25, 0.3) is 0 Å². The molecular formula is C16H22BrN3S. The van der Waals surface area contributed by atoms with Gasteiger partial charge in [0.15, 0.2) is 0 Å². The number of nitrogens with zero attached hydrogens (tertiary/aromatic N) is 2. The monoisotopic (exact) mass is 367 g/mol. The molecule has 3 nitrogen and oxygen atoms in total. The Hall–Kier alpha value is -0.780. The van der Waals surface area contributed by atoms with Gasteiger partial charge in [-0.25, -0.2) is 4.98 Å². The van der Waals surface area contributed by atoms with Crippen LogP contribution in [-0.2, 0) is 13.0 Å². The summed E-state index contributed by atoms with van der Waals surface area (Å²) < 4.78 is 3.34. The van der Waals surface area contributed by atoms with E-state index in [-0.39, 0.29) is 0 Å². The largest absolute Gasteiger partial charge is 0.335 e. The lowest BCUT2D eigenvalue weighted by molar-refractivity contribution is 0.542. The molecule has 0 bridgehead atoms. The van der Waals surface area contributed by atoms with Crippen molar-refractivity contribution in [3.8, 4) is 0 Å². The van der Waals surface area contributed by atoms with E-state index in [1.54, 1.807) is 0 Å². The zero-order valence-corrected chi connectivity index (χ0v) is 15.0. The number of aromatic nitrogens is 2. The van der Waals surface area contributed by atoms with Crippen LogP contribution in [0.4, 0.5) is 0 Å². The van der Waals surface area contributed by atoms with Gasteiger partial charge in [0.2, 0.25) is 0 Å². The smallest absolute Gasteiger partial charge is 0.110 e. The van der Waals surface area contributed by atoms with Crippen LogP contribution in [0.1, 0.15) is 19.7 Å². The zero-order chi connectivity index (χ0) is 15.1. The zero-order valence-electron chi connectivity index (χ0n) is 12.6. The lowest BCUT2D eigenvalue weighted by atomic mass is 10.2. The first-order chi connectivity index (χ1) is 10.2. The minimum atomic E-state index is 0.441. The molecular weight excluding hydrogens is 346 g/mol. The second-order valence-electron chi connectivity index (χ2n) is 4.85. The maximum absolute atomic E-state index is 4.48. The molecule has 1 unspecified atom stereocenters. The predicted octanol–water partition coefficient (Wildman–Crippen LogP) is 3.98. The summed E-state index contributed by atoms with van der Waals surface area (Å²) in [6.07, 6.45) is 4.92. The van der Waals surface area contributed by atoms with E-state index in [9.17, 15) is 0 Å². The molecule has 1 N–H and O–H groups in total. The normalized spacial score (nSPS) is 12.5. The Morgan fingerprint density at radius 1 is 1.29 bits per heavy atom. The van der Waals surface area contributed by atoms with E-state index < -0.39 is 0 Å². The van der Waals surface area contributed by atoms with Gasteiger partial charge < -0.3 is 9.88 Å². The second-order valence-corrected chi connectivity index (χ2v) is 6.86. The van der Waals surface area contributed by atoms with Crippen molar-refractivity contribution in [3.63, 3.8) is 0 Å². The van der Waals surface area contributed by atoms with Crippen LogP contribution in [0.5, 0.6) is 0 Å². The van der Waals surface area contributed by atoms with E-state index in [4.69, 9.17) is 0 Å². The molecule has 0 fully saturated rings. The van der Waals surface area contributed by atoms with Crippen molar-refractivity contribution >= 4 is 27.7 Å². The van der Waals surface area contributed by atoms with Gasteiger partial charge in [0.1, 0.15) is 5.82 Å². The standard InChI is InChI=1S/C16H22BrN3S/c1-3-18-14(11-16-19-9-10-20(16)4-2)12-21-15-7-5-13(17)6-8-15/h5-10,14,18H,3-4,11-12H2,1-2H3. The predicted molar refractivity (Wildman–Crippen MR) is 93.9 cm³/mol. The maximum atomic E-state index is 4.48. The molecule has 0 saturated heterocycles. The third-order valence-electron chi connectivity index (χ3n) is 3.33. The summed E-state index contributed by atoms with van der Waals surface area (Å²) in [7, 11) is 0. The Morgan fingerprint density at radius 2 is 2.05 bits per heavy atom. The molecule has 2 rings (SSSR count). The number of hydrogen-bond donors (Lipinski definition) is 1. The number of benzene rings is 1. The average Bonchev–Trinajstić information content (AvgIpc) is 2.94. The van der Waals surface area contributed by atoms with E-state index in [2.05, 4.69) is 75.1 Å². The molecule has 5 heteroatoms. The number of hydrogen-bond acceptors (Lipinski definition) is 3. The van der Waals surface area contributed by atoms with Gasteiger partial charge in [-0.3, -0.25) is 0 Å². The number of aryl methyl sites for hydroxylation is 1. The minimum Gasteiger partial charge on any atom is -0.335 e. The first-order valence-electron chi connectivity index (χ1n) is 7.34. The molecule has 1 heterocycles. The first kappa shape index (κ1) is 16.6. The van der Waals surface area contributed by atoms with E-state index in [1.165, 1.54) is 10.7 Å². The molecule has 2 aromatic rings. The van der Waals surface area contributed by atoms with Crippen LogP contribution >= 0.6 is 27.7 Å². The van der Waals surface area contributed by atoms with E-state index in [1.807, 2.05) is 18.0 Å². The summed E-state index contributed by atoms with van der Waals surface area (Å²) in [5.74, 6) is 2.21. The quantitative estimate of drug-likeness (QED) is 0.715. The summed E-state index contributed by atoms with van der Waals surface area (Å²) >= 11 is 5.37. The Balaban J connectivity index is 1.94. The van der Waals surface area contributed by atoms with Crippen LogP contribution in [0.2, 0.25) is 0 Å². The van der Waals surface area contributed by atoms with Crippen LogP contribution in [0, 0.1) is 0 Å². The number of likely N-dealkylation sites (N-methyl/N-ethyl adjacent to an activating group) is 1. The second kappa shape index (κ2) is 8.61. The van der Waals surface area contributed by atoms with Crippen LogP contribution in [0.25, 0.3) is 0 Å². The molecule has 114 valence electrons. The number of nitrogens with one attached hydrogen (secondary N) is 1. The SMILES string of the molecule is CCNC(CSc1ccc(Br)cc1)Cc1nccn1CC. The topological polar surface area (TPSA) is 29.9 Å². The molecule has 1 aromatic carbocycles. The summed E-state index contributed by atoms with van der Waals surface area (Å²) in [6, 6.07) is 8.94. The molecule has 0 spiro atoms. The molecule has 1 aromatic heterocycles. The molecule has 0 aliphatic heterocycles. The molecule has 0 saturated carbocycles. The van der Waals surface area contributed by atoms with E-state index in [0.717, 1.165) is 29.7 Å². The van der Waals surface area contributed by atoms with Crippen LogP contribution in [0.15, 0.2) is 46.0 Å². The summed E-state index contributed by atoms with van der Waals surface area (Å²) in [5.41, 5.74) is 0. The highest BCUT2D eigenvalue weighted by molar-refractivity contribution is 9.10. The maximum Gasteiger partial charge on any atom is 0.110 e. The fourth-order valence-corrected chi connectivity index (χ4v) is 3.47. The Labute approximate surface area is 139 Å². The first-order valence-corrected chi connectivity index (χ1v) is 9.12. The third kappa shape index (κ3) is 5.16. The van der Waals surface area contributed by atoms with Crippen LogP contribution in [0.3, 0.4) is 0 Å². The fraction of sp³-hybridized carbons (Fsp3) is 0.438. The van der Waals surface area contributed by atoms with Crippen molar-refractivity contribution < 1.29 is 0 Å². The summed E-state index contributed by atoms with van der Waals surface area (Å²) in [4.78, 5) is 5.79. The molecule has 0 aliphatic rings. The van der Waals surface area contributed by atoms with Crippen molar-refractivity contribution in [2.45, 2.75) is 37.8 Å². The summed E-state index contributed by atoms with van der Waals surface area (Å²) in [6.45, 7) is 6.28. The van der Waals surface area contributed by atoms with Crippen molar-refractivity contribution in [1.82, 2.24) is 14.9 Å². The number of imidazole rings is 1. The van der Waals surface area contributed by atoms with Gasteiger partial charge >= 0.3 is 0 Å². The highest BCUT2D eigenvalue weighted by Gasteiger charge is 2.12. The van der Waals surface area contributed by atoms with Crippen molar-refractivity contribution in [2.24, 2.45) is 0 Å². The highest BCUT2D eigenvalue weighted by Crippen LogP contribution is 2.22. The van der Waals surface area contributed by atoms with Gasteiger partial charge in [-0.1, -0.05) is 22.9 Å². The Kier molecular flexibility index (Phi) is 6.80. The molecule has 21 heavy (non-hydrogen) atoms. The third-order valence-corrected chi connectivity index (χ3v) is 5.03. The number of thioether (sulfide) groups is 1. The van der Waals surface area contributed by atoms with Crippen molar-refractivity contribution in [3.05, 3.63) is 47.0 Å². The number of halogens is 1. The molecule has 0 aliphatic carbocycles. The fourth-order valence-electron chi connectivity index (χ4n) is 2.24. The van der Waals surface area contributed by atoms with Gasteiger partial charge in [-0.05, 0) is 37.7 Å². The van der Waals surface area contributed by atoms with E-state index in [0.29, 0.717) is 6.04 Å². The van der Waals surface area contributed by atoms with Gasteiger partial charge in [-0.15, -0.1) is 11.8 Å². The highest BCUT2D eigenvalue weighted by atomic mass is 79.9. The molecule has 1 atom stereocenters. The van der Waals surface area contributed by atoms with E-state index >= 15 is 0 Å². The Morgan fingerprint density at radius 3 is 2.71 bits per heavy atom. The van der Waals surface area contributed by atoms with Gasteiger partial charge in [0, 0.05) is 46.5 Å². The van der Waals surface area contributed by atoms with Crippen molar-refractivity contribution in [2.75, 3.05) is 12.3 Å². The van der Waals surface area contributed by atoms with Gasteiger partial charge in [0.05, 0.1) is 0 Å². The number of rotatable bonds is 8. The van der Waals surface area contributed by atoms with Gasteiger partial charge in [-0.2, -0.15) is 0 Å². The summed E-state index contributed by atoms with van der Waals surface area (Å²) in [5, 5.41) is 3.57. The lowest BCUT2D eigenvalue weighted by Crippen LogP contribution is -2.34.